The first-order chi connectivity index (χ1) is 8.54. The van der Waals surface area contributed by atoms with Gasteiger partial charge in [-0.3, -0.25) is 10.4 Å². The number of nitrogens with zero attached hydrogens (tertiary/aromatic N) is 3. The standard InChI is InChI=1S/C12H21N5O/c1-9-8-15-10(2)12(16-9)17(6-7-18-3)5-4-11(13)14/h8H,4-7H2,1-3H3,(H3,13,14). The number of nitrogens with two attached hydrogens (primary N) is 1. The number of hydrogen-bond acceptors (Lipinski definition) is 5. The number of ether oxygens (including phenoxy) is 1. The van der Waals surface area contributed by atoms with Crippen molar-refractivity contribution in [3.63, 3.8) is 0 Å². The first-order valence-electron chi connectivity index (χ1n) is 5.91. The lowest BCUT2D eigenvalue weighted by Gasteiger charge is -2.24. The molecule has 0 bridgehead atoms. The Hall–Kier alpha value is -1.69. The molecule has 0 aliphatic rings. The molecule has 0 amide bonds. The number of aromatic nitrogens is 2. The van der Waals surface area contributed by atoms with Crippen LogP contribution in [0.15, 0.2) is 6.20 Å². The quantitative estimate of drug-likeness (QED) is 0.554. The van der Waals surface area contributed by atoms with Gasteiger partial charge in [0.15, 0.2) is 0 Å². The van der Waals surface area contributed by atoms with Crippen molar-refractivity contribution in [1.82, 2.24) is 9.97 Å². The third-order valence-electron chi connectivity index (χ3n) is 2.57. The molecule has 0 unspecified atom stereocenters. The van der Waals surface area contributed by atoms with Crippen LogP contribution < -0.4 is 10.6 Å². The Labute approximate surface area is 108 Å². The van der Waals surface area contributed by atoms with Crippen molar-refractivity contribution in [3.8, 4) is 0 Å². The van der Waals surface area contributed by atoms with Crippen molar-refractivity contribution >= 4 is 11.7 Å². The van der Waals surface area contributed by atoms with Gasteiger partial charge in [0.1, 0.15) is 5.82 Å². The van der Waals surface area contributed by atoms with Gasteiger partial charge in [0.25, 0.3) is 0 Å². The van der Waals surface area contributed by atoms with Gasteiger partial charge in [0, 0.05) is 32.8 Å². The summed E-state index contributed by atoms with van der Waals surface area (Å²) in [7, 11) is 1.66. The monoisotopic (exact) mass is 251 g/mol. The van der Waals surface area contributed by atoms with Gasteiger partial charge in [-0.05, 0) is 13.8 Å². The highest BCUT2D eigenvalue weighted by atomic mass is 16.5. The molecule has 1 aromatic heterocycles. The van der Waals surface area contributed by atoms with Gasteiger partial charge in [-0.2, -0.15) is 0 Å². The molecule has 0 saturated carbocycles. The van der Waals surface area contributed by atoms with Gasteiger partial charge in [0.05, 0.1) is 23.8 Å². The van der Waals surface area contributed by atoms with E-state index in [1.807, 2.05) is 13.8 Å². The molecule has 1 aromatic rings. The highest BCUT2D eigenvalue weighted by Gasteiger charge is 2.12. The van der Waals surface area contributed by atoms with E-state index in [4.69, 9.17) is 15.9 Å². The zero-order chi connectivity index (χ0) is 13.5. The molecule has 1 rings (SSSR count). The lowest BCUT2D eigenvalue weighted by atomic mass is 10.3. The highest BCUT2D eigenvalue weighted by molar-refractivity contribution is 5.77. The third kappa shape index (κ3) is 4.29. The number of anilines is 1. The summed E-state index contributed by atoms with van der Waals surface area (Å²) in [6, 6.07) is 0. The van der Waals surface area contributed by atoms with Crippen molar-refractivity contribution in [1.29, 1.82) is 5.41 Å². The van der Waals surface area contributed by atoms with Gasteiger partial charge in [0.2, 0.25) is 0 Å². The summed E-state index contributed by atoms with van der Waals surface area (Å²) in [4.78, 5) is 10.9. The SMILES string of the molecule is COCCN(CCC(=N)N)c1nc(C)cnc1C. The molecule has 100 valence electrons. The minimum absolute atomic E-state index is 0.177. The molecule has 0 aliphatic heterocycles. The largest absolute Gasteiger partial charge is 0.388 e. The van der Waals surface area contributed by atoms with E-state index in [0.29, 0.717) is 26.1 Å². The van der Waals surface area contributed by atoms with E-state index >= 15 is 0 Å². The van der Waals surface area contributed by atoms with Crippen LogP contribution in [0.4, 0.5) is 5.82 Å². The molecule has 0 fully saturated rings. The van der Waals surface area contributed by atoms with Crippen molar-refractivity contribution in [3.05, 3.63) is 17.6 Å². The zero-order valence-corrected chi connectivity index (χ0v) is 11.2. The minimum Gasteiger partial charge on any atom is -0.388 e. The van der Waals surface area contributed by atoms with Crippen molar-refractivity contribution in [2.75, 3.05) is 31.7 Å². The molecule has 0 aromatic carbocycles. The number of aryl methyl sites for hydroxylation is 2. The Morgan fingerprint density at radius 3 is 2.78 bits per heavy atom. The van der Waals surface area contributed by atoms with E-state index in [1.165, 1.54) is 0 Å². The summed E-state index contributed by atoms with van der Waals surface area (Å²) < 4.78 is 5.10. The smallest absolute Gasteiger partial charge is 0.150 e. The van der Waals surface area contributed by atoms with Crippen LogP contribution in [0.1, 0.15) is 17.8 Å². The fourth-order valence-corrected chi connectivity index (χ4v) is 1.60. The molecule has 0 saturated heterocycles. The van der Waals surface area contributed by atoms with E-state index in [2.05, 4.69) is 14.9 Å². The van der Waals surface area contributed by atoms with E-state index in [1.54, 1.807) is 13.3 Å². The van der Waals surface area contributed by atoms with Crippen LogP contribution in [-0.4, -0.2) is 42.6 Å². The van der Waals surface area contributed by atoms with Gasteiger partial charge >= 0.3 is 0 Å². The highest BCUT2D eigenvalue weighted by Crippen LogP contribution is 2.15. The maximum absolute atomic E-state index is 7.31. The summed E-state index contributed by atoms with van der Waals surface area (Å²) in [5.41, 5.74) is 7.16. The second-order valence-electron chi connectivity index (χ2n) is 4.18. The minimum atomic E-state index is 0.177. The van der Waals surface area contributed by atoms with Crippen molar-refractivity contribution in [2.45, 2.75) is 20.3 Å². The van der Waals surface area contributed by atoms with E-state index in [-0.39, 0.29) is 5.84 Å². The van der Waals surface area contributed by atoms with Crippen LogP contribution in [0.25, 0.3) is 0 Å². The lowest BCUT2D eigenvalue weighted by Crippen LogP contribution is -2.32. The lowest BCUT2D eigenvalue weighted by molar-refractivity contribution is 0.205. The number of rotatable bonds is 7. The molecular formula is C12H21N5O. The van der Waals surface area contributed by atoms with Crippen molar-refractivity contribution < 1.29 is 4.74 Å². The van der Waals surface area contributed by atoms with E-state index in [0.717, 1.165) is 17.2 Å². The van der Waals surface area contributed by atoms with Crippen LogP contribution in [0.3, 0.4) is 0 Å². The third-order valence-corrected chi connectivity index (χ3v) is 2.57. The number of amidine groups is 1. The zero-order valence-electron chi connectivity index (χ0n) is 11.2. The van der Waals surface area contributed by atoms with Crippen LogP contribution in [-0.2, 0) is 4.74 Å². The Kier molecular flexibility index (Phi) is 5.51. The van der Waals surface area contributed by atoms with E-state index in [9.17, 15) is 0 Å². The first kappa shape index (κ1) is 14.4. The second-order valence-corrected chi connectivity index (χ2v) is 4.18. The van der Waals surface area contributed by atoms with Crippen molar-refractivity contribution in [2.24, 2.45) is 5.73 Å². The average molecular weight is 251 g/mol. The Balaban J connectivity index is 2.85. The number of nitrogens with one attached hydrogen (secondary N) is 1. The summed E-state index contributed by atoms with van der Waals surface area (Å²) in [6.07, 6.45) is 2.26. The second kappa shape index (κ2) is 6.90. The van der Waals surface area contributed by atoms with Crippen LogP contribution in [0.2, 0.25) is 0 Å². The van der Waals surface area contributed by atoms with Gasteiger partial charge in [-0.25, -0.2) is 4.98 Å². The van der Waals surface area contributed by atoms with Crippen LogP contribution >= 0.6 is 0 Å². The summed E-state index contributed by atoms with van der Waals surface area (Å²) in [5, 5.41) is 7.31. The molecule has 0 aliphatic carbocycles. The normalized spacial score (nSPS) is 10.4. The molecule has 0 atom stereocenters. The molecular weight excluding hydrogens is 230 g/mol. The maximum atomic E-state index is 7.31. The Morgan fingerprint density at radius 2 is 2.17 bits per heavy atom. The molecule has 1 heterocycles. The predicted octanol–water partition coefficient (Wildman–Crippen LogP) is 0.872. The van der Waals surface area contributed by atoms with Crippen LogP contribution in [0.5, 0.6) is 0 Å². The average Bonchev–Trinajstić information content (AvgIpc) is 2.32. The van der Waals surface area contributed by atoms with Crippen LogP contribution in [0, 0.1) is 19.3 Å². The molecule has 6 nitrogen and oxygen atoms in total. The van der Waals surface area contributed by atoms with Gasteiger partial charge in [-0.1, -0.05) is 0 Å². The molecule has 18 heavy (non-hydrogen) atoms. The molecule has 3 N–H and O–H groups in total. The fourth-order valence-electron chi connectivity index (χ4n) is 1.60. The first-order valence-corrected chi connectivity index (χ1v) is 5.91. The fraction of sp³-hybridized carbons (Fsp3) is 0.583. The maximum Gasteiger partial charge on any atom is 0.150 e. The Morgan fingerprint density at radius 1 is 1.44 bits per heavy atom. The molecule has 0 spiro atoms. The molecule has 0 radical (unpaired) electrons. The topological polar surface area (TPSA) is 88.1 Å². The summed E-state index contributed by atoms with van der Waals surface area (Å²) >= 11 is 0. The summed E-state index contributed by atoms with van der Waals surface area (Å²) in [6.45, 7) is 5.80. The molecule has 6 heteroatoms. The number of methoxy groups -OCH3 is 1. The number of hydrogen-bond donors (Lipinski definition) is 2. The Bertz CT molecular complexity index is 407. The predicted molar refractivity (Wildman–Crippen MR) is 72.1 cm³/mol. The van der Waals surface area contributed by atoms with E-state index < -0.39 is 0 Å². The van der Waals surface area contributed by atoms with Gasteiger partial charge < -0.3 is 15.4 Å². The van der Waals surface area contributed by atoms with Gasteiger partial charge in [-0.15, -0.1) is 0 Å². The summed E-state index contributed by atoms with van der Waals surface area (Å²) in [5.74, 6) is 1.02.